The van der Waals surface area contributed by atoms with Crippen molar-refractivity contribution < 1.29 is 9.53 Å². The van der Waals surface area contributed by atoms with Crippen molar-refractivity contribution in [2.24, 2.45) is 11.0 Å². The minimum Gasteiger partial charge on any atom is -0.493 e. The lowest BCUT2D eigenvalue weighted by Gasteiger charge is -2.09. The molecule has 0 saturated carbocycles. The molecule has 0 bridgehead atoms. The third-order valence-electron chi connectivity index (χ3n) is 3.04. The maximum absolute atomic E-state index is 12.2. The lowest BCUT2D eigenvalue weighted by molar-refractivity contribution is 0.0954. The molecule has 0 radical (unpaired) electrons. The number of carbonyl (C=O) groups is 1. The van der Waals surface area contributed by atoms with Gasteiger partial charge in [-0.3, -0.25) is 9.78 Å². The second-order valence-electron chi connectivity index (χ2n) is 5.59. The Hall–Kier alpha value is -2.69. The Morgan fingerprint density at radius 1 is 1.26 bits per heavy atom. The molecule has 1 aromatic carbocycles. The topological polar surface area (TPSA) is 63.6 Å². The van der Waals surface area contributed by atoms with Crippen molar-refractivity contribution in [2.75, 3.05) is 6.61 Å². The third-order valence-corrected chi connectivity index (χ3v) is 3.04. The first-order valence-corrected chi connectivity index (χ1v) is 7.55. The van der Waals surface area contributed by atoms with Crippen LogP contribution in [0, 0.1) is 5.92 Å². The number of hydrogen-bond donors (Lipinski definition) is 1. The largest absolute Gasteiger partial charge is 0.493 e. The number of amides is 1. The van der Waals surface area contributed by atoms with Crippen LogP contribution in [0.5, 0.6) is 5.75 Å². The zero-order valence-electron chi connectivity index (χ0n) is 13.6. The number of carbonyl (C=O) groups excluding carboxylic acids is 1. The lowest BCUT2D eigenvalue weighted by atomic mass is 10.2. The van der Waals surface area contributed by atoms with Crippen molar-refractivity contribution in [1.82, 2.24) is 10.4 Å². The zero-order valence-corrected chi connectivity index (χ0v) is 13.6. The van der Waals surface area contributed by atoms with Gasteiger partial charge in [0.1, 0.15) is 5.75 Å². The molecule has 23 heavy (non-hydrogen) atoms. The predicted octanol–water partition coefficient (Wildman–Crippen LogP) is 3.27. The summed E-state index contributed by atoms with van der Waals surface area (Å²) in [5.74, 6) is 0.824. The van der Waals surface area contributed by atoms with E-state index in [1.165, 1.54) is 0 Å². The minimum absolute atomic E-state index is 0.282. The zero-order chi connectivity index (χ0) is 16.7. The highest BCUT2D eigenvalue weighted by atomic mass is 16.5. The summed E-state index contributed by atoms with van der Waals surface area (Å²) < 4.78 is 5.63. The molecule has 1 heterocycles. The summed E-state index contributed by atoms with van der Waals surface area (Å²) in [6, 6.07) is 12.6. The Balaban J connectivity index is 2.02. The van der Waals surface area contributed by atoms with Gasteiger partial charge in [0, 0.05) is 11.8 Å². The summed E-state index contributed by atoms with van der Waals surface area (Å²) in [7, 11) is 0. The second-order valence-corrected chi connectivity index (χ2v) is 5.59. The fourth-order valence-corrected chi connectivity index (χ4v) is 1.82. The molecule has 1 N–H and O–H groups in total. The standard InChI is InChI=1S/C18H21N3O2/c1-13(2)12-23-16-8-6-7-15(11-16)18(22)21-20-14(3)17-9-4-5-10-19-17/h4-11,13H,12H2,1-3H3,(H,21,22)/b20-14-. The minimum atomic E-state index is -0.282. The summed E-state index contributed by atoms with van der Waals surface area (Å²) >= 11 is 0. The van der Waals surface area contributed by atoms with Crippen LogP contribution in [0.4, 0.5) is 0 Å². The van der Waals surface area contributed by atoms with Crippen molar-refractivity contribution in [3.8, 4) is 5.75 Å². The average Bonchev–Trinajstić information content (AvgIpc) is 2.58. The highest BCUT2D eigenvalue weighted by Crippen LogP contribution is 2.14. The number of benzene rings is 1. The van der Waals surface area contributed by atoms with E-state index < -0.39 is 0 Å². The summed E-state index contributed by atoms with van der Waals surface area (Å²) in [6.45, 7) is 6.56. The molecule has 0 fully saturated rings. The lowest BCUT2D eigenvalue weighted by Crippen LogP contribution is -2.19. The first-order chi connectivity index (χ1) is 11.1. The summed E-state index contributed by atoms with van der Waals surface area (Å²) in [5.41, 5.74) is 4.41. The molecule has 0 spiro atoms. The molecule has 120 valence electrons. The fourth-order valence-electron chi connectivity index (χ4n) is 1.82. The predicted molar refractivity (Wildman–Crippen MR) is 90.7 cm³/mol. The Bertz CT molecular complexity index is 682. The molecule has 0 atom stereocenters. The van der Waals surface area contributed by atoms with Crippen LogP contribution in [0.3, 0.4) is 0 Å². The van der Waals surface area contributed by atoms with Gasteiger partial charge in [-0.2, -0.15) is 5.10 Å². The molecule has 0 unspecified atom stereocenters. The number of ether oxygens (including phenoxy) is 1. The van der Waals surface area contributed by atoms with E-state index in [2.05, 4.69) is 29.4 Å². The Morgan fingerprint density at radius 2 is 2.09 bits per heavy atom. The molecule has 5 heteroatoms. The average molecular weight is 311 g/mol. The van der Waals surface area contributed by atoms with Crippen molar-refractivity contribution in [2.45, 2.75) is 20.8 Å². The van der Waals surface area contributed by atoms with E-state index in [0.717, 1.165) is 5.69 Å². The molecule has 1 aromatic heterocycles. The van der Waals surface area contributed by atoms with E-state index in [1.54, 1.807) is 31.3 Å². The SMILES string of the molecule is C/C(=N/NC(=O)c1cccc(OCC(C)C)c1)c1ccccn1. The Labute approximate surface area is 136 Å². The summed E-state index contributed by atoms with van der Waals surface area (Å²) in [6.07, 6.45) is 1.69. The molecule has 2 aromatic rings. The monoisotopic (exact) mass is 311 g/mol. The second kappa shape index (κ2) is 8.08. The first kappa shape index (κ1) is 16.7. The van der Waals surface area contributed by atoms with Crippen molar-refractivity contribution in [1.29, 1.82) is 0 Å². The van der Waals surface area contributed by atoms with E-state index in [-0.39, 0.29) is 5.91 Å². The van der Waals surface area contributed by atoms with Gasteiger partial charge >= 0.3 is 0 Å². The Kier molecular flexibility index (Phi) is 5.86. The van der Waals surface area contributed by atoms with E-state index in [4.69, 9.17) is 4.74 Å². The molecule has 1 amide bonds. The number of nitrogens with one attached hydrogen (secondary N) is 1. The molecule has 5 nitrogen and oxygen atoms in total. The van der Waals surface area contributed by atoms with Crippen LogP contribution in [0.15, 0.2) is 53.8 Å². The normalized spacial score (nSPS) is 11.4. The maximum atomic E-state index is 12.2. The number of aromatic nitrogens is 1. The van der Waals surface area contributed by atoms with Gasteiger partial charge < -0.3 is 4.74 Å². The van der Waals surface area contributed by atoms with Crippen molar-refractivity contribution in [3.05, 3.63) is 59.9 Å². The third kappa shape index (κ3) is 5.21. The molecular weight excluding hydrogens is 290 g/mol. The van der Waals surface area contributed by atoms with Gasteiger partial charge in [0.05, 0.1) is 18.0 Å². The van der Waals surface area contributed by atoms with Gasteiger partial charge in [0.2, 0.25) is 0 Å². The van der Waals surface area contributed by atoms with Gasteiger partial charge in [-0.15, -0.1) is 0 Å². The van der Waals surface area contributed by atoms with Gasteiger partial charge in [-0.1, -0.05) is 26.0 Å². The highest BCUT2D eigenvalue weighted by Gasteiger charge is 2.07. The molecular formula is C18H21N3O2. The molecule has 0 aliphatic heterocycles. The number of hydrazone groups is 1. The van der Waals surface area contributed by atoms with Crippen LogP contribution in [0.2, 0.25) is 0 Å². The first-order valence-electron chi connectivity index (χ1n) is 7.55. The number of nitrogens with zero attached hydrogens (tertiary/aromatic N) is 2. The quantitative estimate of drug-likeness (QED) is 0.658. The summed E-state index contributed by atoms with van der Waals surface area (Å²) in [5, 5.41) is 4.09. The van der Waals surface area contributed by atoms with Crippen LogP contribution in [-0.4, -0.2) is 23.2 Å². The van der Waals surface area contributed by atoms with Gasteiger partial charge in [0.15, 0.2) is 0 Å². The van der Waals surface area contributed by atoms with Gasteiger partial charge in [-0.25, -0.2) is 5.43 Å². The molecule has 2 rings (SSSR count). The van der Waals surface area contributed by atoms with Crippen molar-refractivity contribution >= 4 is 11.6 Å². The number of pyridine rings is 1. The Morgan fingerprint density at radius 3 is 2.78 bits per heavy atom. The van der Waals surface area contributed by atoms with E-state index in [9.17, 15) is 4.79 Å². The van der Waals surface area contributed by atoms with Crippen molar-refractivity contribution in [3.63, 3.8) is 0 Å². The number of rotatable bonds is 6. The van der Waals surface area contributed by atoms with Crippen LogP contribution >= 0.6 is 0 Å². The van der Waals surface area contributed by atoms with Crippen LogP contribution in [0.25, 0.3) is 0 Å². The molecule has 0 aliphatic rings. The fraction of sp³-hybridized carbons (Fsp3) is 0.278. The van der Waals surface area contributed by atoms with Gasteiger partial charge in [-0.05, 0) is 43.2 Å². The molecule has 0 saturated heterocycles. The van der Waals surface area contributed by atoms with E-state index >= 15 is 0 Å². The maximum Gasteiger partial charge on any atom is 0.271 e. The number of hydrogen-bond acceptors (Lipinski definition) is 4. The van der Waals surface area contributed by atoms with Gasteiger partial charge in [0.25, 0.3) is 5.91 Å². The van der Waals surface area contributed by atoms with E-state index in [0.29, 0.717) is 29.5 Å². The molecule has 0 aliphatic carbocycles. The van der Waals surface area contributed by atoms with Crippen LogP contribution in [-0.2, 0) is 0 Å². The summed E-state index contributed by atoms with van der Waals surface area (Å²) in [4.78, 5) is 16.4. The smallest absolute Gasteiger partial charge is 0.271 e. The van der Waals surface area contributed by atoms with Crippen LogP contribution in [0.1, 0.15) is 36.8 Å². The van der Waals surface area contributed by atoms with E-state index in [1.807, 2.05) is 24.3 Å². The highest BCUT2D eigenvalue weighted by molar-refractivity contribution is 5.99. The van der Waals surface area contributed by atoms with Crippen LogP contribution < -0.4 is 10.2 Å².